The van der Waals surface area contributed by atoms with Crippen molar-refractivity contribution in [2.24, 2.45) is 5.92 Å². The van der Waals surface area contributed by atoms with Gasteiger partial charge in [-0.1, -0.05) is 13.8 Å². The van der Waals surface area contributed by atoms with Crippen LogP contribution in [0.25, 0.3) is 0 Å². The van der Waals surface area contributed by atoms with E-state index in [0.29, 0.717) is 5.92 Å². The normalized spacial score (nSPS) is 28.5. The van der Waals surface area contributed by atoms with Gasteiger partial charge in [0.15, 0.2) is 0 Å². The monoisotopic (exact) mass is 147 g/mol. The van der Waals surface area contributed by atoms with Crippen LogP contribution in [0.1, 0.15) is 30.9 Å². The standard InChI is InChI=1S/C10H13N/c1-7-5-9-3-4-11-6-10(9)8(7)2/h3-4,6-8H,5H2,1-2H3/t7-,8+/m0/s1. The maximum Gasteiger partial charge on any atom is 0.0305 e. The van der Waals surface area contributed by atoms with Gasteiger partial charge in [-0.3, -0.25) is 4.98 Å². The van der Waals surface area contributed by atoms with Crippen molar-refractivity contribution in [3.8, 4) is 0 Å². The zero-order valence-corrected chi connectivity index (χ0v) is 7.04. The van der Waals surface area contributed by atoms with Crippen LogP contribution in [0.4, 0.5) is 0 Å². The maximum atomic E-state index is 4.14. The molecule has 1 nitrogen and oxygen atoms in total. The summed E-state index contributed by atoms with van der Waals surface area (Å²) in [4.78, 5) is 4.14. The van der Waals surface area contributed by atoms with E-state index in [1.165, 1.54) is 17.5 Å². The van der Waals surface area contributed by atoms with Crippen molar-refractivity contribution in [1.29, 1.82) is 0 Å². The lowest BCUT2D eigenvalue weighted by Gasteiger charge is -2.07. The molecule has 1 heterocycles. The molecule has 58 valence electrons. The summed E-state index contributed by atoms with van der Waals surface area (Å²) >= 11 is 0. The van der Waals surface area contributed by atoms with E-state index in [2.05, 4.69) is 24.9 Å². The van der Waals surface area contributed by atoms with Crippen molar-refractivity contribution in [1.82, 2.24) is 4.98 Å². The van der Waals surface area contributed by atoms with E-state index in [4.69, 9.17) is 0 Å². The second-order valence-electron chi connectivity index (χ2n) is 3.54. The Morgan fingerprint density at radius 3 is 3.00 bits per heavy atom. The van der Waals surface area contributed by atoms with Crippen LogP contribution in [0.5, 0.6) is 0 Å². The molecular formula is C10H13N. The molecule has 0 saturated carbocycles. The lowest BCUT2D eigenvalue weighted by atomic mass is 9.98. The number of aromatic nitrogens is 1. The van der Waals surface area contributed by atoms with Crippen LogP contribution >= 0.6 is 0 Å². The van der Waals surface area contributed by atoms with E-state index >= 15 is 0 Å². The number of rotatable bonds is 0. The van der Waals surface area contributed by atoms with Crippen LogP contribution in [0.15, 0.2) is 18.5 Å². The first kappa shape index (κ1) is 6.84. The highest BCUT2D eigenvalue weighted by molar-refractivity contribution is 5.32. The second-order valence-corrected chi connectivity index (χ2v) is 3.54. The first-order valence-corrected chi connectivity index (χ1v) is 4.22. The van der Waals surface area contributed by atoms with E-state index in [1.807, 2.05) is 12.4 Å². The van der Waals surface area contributed by atoms with Crippen LogP contribution in [-0.2, 0) is 6.42 Å². The lowest BCUT2D eigenvalue weighted by molar-refractivity contribution is 0.531. The lowest BCUT2D eigenvalue weighted by Crippen LogP contribution is -1.97. The first-order valence-electron chi connectivity index (χ1n) is 4.22. The molecule has 0 fully saturated rings. The van der Waals surface area contributed by atoms with Crippen molar-refractivity contribution >= 4 is 0 Å². The van der Waals surface area contributed by atoms with Gasteiger partial charge < -0.3 is 0 Å². The third-order valence-electron chi connectivity index (χ3n) is 2.83. The Morgan fingerprint density at radius 1 is 1.45 bits per heavy atom. The molecule has 0 unspecified atom stereocenters. The van der Waals surface area contributed by atoms with E-state index in [9.17, 15) is 0 Å². The molecule has 1 heteroatoms. The highest BCUT2D eigenvalue weighted by Crippen LogP contribution is 2.36. The molecule has 0 radical (unpaired) electrons. The largest absolute Gasteiger partial charge is 0.264 e. The fourth-order valence-electron chi connectivity index (χ4n) is 1.86. The number of hydrogen-bond acceptors (Lipinski definition) is 1. The van der Waals surface area contributed by atoms with Crippen LogP contribution < -0.4 is 0 Å². The number of hydrogen-bond donors (Lipinski definition) is 0. The predicted octanol–water partition coefficient (Wildman–Crippen LogP) is 2.38. The molecule has 1 aliphatic rings. The maximum absolute atomic E-state index is 4.14. The van der Waals surface area contributed by atoms with Gasteiger partial charge in [0.05, 0.1) is 0 Å². The number of pyridine rings is 1. The van der Waals surface area contributed by atoms with Crippen molar-refractivity contribution in [3.63, 3.8) is 0 Å². The molecule has 0 aromatic carbocycles. The molecule has 0 amide bonds. The molecule has 0 aliphatic heterocycles. The van der Waals surface area contributed by atoms with Gasteiger partial charge in [0.2, 0.25) is 0 Å². The molecule has 2 rings (SSSR count). The van der Waals surface area contributed by atoms with Crippen molar-refractivity contribution in [2.45, 2.75) is 26.2 Å². The third kappa shape index (κ3) is 0.953. The van der Waals surface area contributed by atoms with E-state index < -0.39 is 0 Å². The third-order valence-corrected chi connectivity index (χ3v) is 2.83. The van der Waals surface area contributed by atoms with Crippen LogP contribution in [0, 0.1) is 5.92 Å². The Morgan fingerprint density at radius 2 is 2.27 bits per heavy atom. The smallest absolute Gasteiger partial charge is 0.0305 e. The Kier molecular flexibility index (Phi) is 1.45. The minimum absolute atomic E-state index is 0.707. The predicted molar refractivity (Wildman–Crippen MR) is 45.5 cm³/mol. The van der Waals surface area contributed by atoms with Crippen LogP contribution in [0.2, 0.25) is 0 Å². The topological polar surface area (TPSA) is 12.9 Å². The molecule has 0 N–H and O–H groups in total. The molecule has 1 aromatic rings. The molecule has 2 atom stereocenters. The quantitative estimate of drug-likeness (QED) is 0.549. The van der Waals surface area contributed by atoms with Gasteiger partial charge in [0.1, 0.15) is 0 Å². The number of fused-ring (bicyclic) bond motifs is 1. The van der Waals surface area contributed by atoms with Crippen molar-refractivity contribution in [2.75, 3.05) is 0 Å². The molecular weight excluding hydrogens is 134 g/mol. The SMILES string of the molecule is C[C@H]1Cc2ccncc2[C@@H]1C. The summed E-state index contributed by atoms with van der Waals surface area (Å²) in [5, 5.41) is 0. The summed E-state index contributed by atoms with van der Waals surface area (Å²) in [5.41, 5.74) is 2.96. The van der Waals surface area contributed by atoms with E-state index in [-0.39, 0.29) is 0 Å². The minimum Gasteiger partial charge on any atom is -0.264 e. The summed E-state index contributed by atoms with van der Waals surface area (Å²) in [6.45, 7) is 4.60. The zero-order valence-electron chi connectivity index (χ0n) is 7.04. The molecule has 11 heavy (non-hydrogen) atoms. The number of nitrogens with zero attached hydrogens (tertiary/aromatic N) is 1. The van der Waals surface area contributed by atoms with Crippen LogP contribution in [0.3, 0.4) is 0 Å². The van der Waals surface area contributed by atoms with Gasteiger partial charge in [-0.25, -0.2) is 0 Å². The minimum atomic E-state index is 0.707. The molecule has 1 aliphatic carbocycles. The Balaban J connectivity index is 2.47. The second kappa shape index (κ2) is 2.33. The van der Waals surface area contributed by atoms with Gasteiger partial charge in [-0.15, -0.1) is 0 Å². The summed E-state index contributed by atoms with van der Waals surface area (Å²) in [7, 11) is 0. The summed E-state index contributed by atoms with van der Waals surface area (Å²) < 4.78 is 0. The molecule has 0 saturated heterocycles. The van der Waals surface area contributed by atoms with Gasteiger partial charge >= 0.3 is 0 Å². The van der Waals surface area contributed by atoms with Crippen molar-refractivity contribution < 1.29 is 0 Å². The van der Waals surface area contributed by atoms with E-state index in [1.54, 1.807) is 0 Å². The molecule has 0 spiro atoms. The fraction of sp³-hybridized carbons (Fsp3) is 0.500. The van der Waals surface area contributed by atoms with Crippen molar-refractivity contribution in [3.05, 3.63) is 29.6 Å². The summed E-state index contributed by atoms with van der Waals surface area (Å²) in [6.07, 6.45) is 5.14. The molecule has 1 aromatic heterocycles. The Bertz CT molecular complexity index is 267. The van der Waals surface area contributed by atoms with Gasteiger partial charge in [-0.2, -0.15) is 0 Å². The van der Waals surface area contributed by atoms with Gasteiger partial charge in [-0.05, 0) is 35.4 Å². The Labute approximate surface area is 67.5 Å². The fourth-order valence-corrected chi connectivity index (χ4v) is 1.86. The van der Waals surface area contributed by atoms with Gasteiger partial charge in [0.25, 0.3) is 0 Å². The highest BCUT2D eigenvalue weighted by atomic mass is 14.6. The van der Waals surface area contributed by atoms with Gasteiger partial charge in [0, 0.05) is 12.4 Å². The molecule has 0 bridgehead atoms. The van der Waals surface area contributed by atoms with Crippen LogP contribution in [-0.4, -0.2) is 4.98 Å². The van der Waals surface area contributed by atoms with E-state index in [0.717, 1.165) is 5.92 Å². The summed E-state index contributed by atoms with van der Waals surface area (Å²) in [6, 6.07) is 2.15. The average Bonchev–Trinajstić information content (AvgIpc) is 2.30. The Hall–Kier alpha value is -0.850. The summed E-state index contributed by atoms with van der Waals surface area (Å²) in [5.74, 6) is 1.51. The average molecular weight is 147 g/mol. The first-order chi connectivity index (χ1) is 5.29. The zero-order chi connectivity index (χ0) is 7.84. The highest BCUT2D eigenvalue weighted by Gasteiger charge is 2.24.